The Kier molecular flexibility index (Phi) is 5.38. The number of rotatable bonds is 7. The van der Waals surface area contributed by atoms with Crippen LogP contribution in [0.25, 0.3) is 0 Å². The van der Waals surface area contributed by atoms with Gasteiger partial charge in [0.2, 0.25) is 10.0 Å². The van der Waals surface area contributed by atoms with Gasteiger partial charge in [0.25, 0.3) is 0 Å². The van der Waals surface area contributed by atoms with E-state index in [0.29, 0.717) is 31.8 Å². The lowest BCUT2D eigenvalue weighted by molar-refractivity contribution is -0.140. The number of benzene rings is 1. The SMILES string of the molecule is COCCOc1ccc(S(=O)(=O)N2CCC[C@@H]2C(=O)O)cc1. The first-order chi connectivity index (χ1) is 10.5. The second kappa shape index (κ2) is 7.08. The molecule has 0 amide bonds. The molecule has 2 rings (SSSR count). The fourth-order valence-corrected chi connectivity index (χ4v) is 4.01. The molecule has 1 heterocycles. The Bertz CT molecular complexity index is 613. The van der Waals surface area contributed by atoms with Crippen LogP contribution in [0.5, 0.6) is 5.75 Å². The highest BCUT2D eigenvalue weighted by Gasteiger charge is 2.39. The second-order valence-electron chi connectivity index (χ2n) is 4.92. The van der Waals surface area contributed by atoms with E-state index < -0.39 is 22.0 Å². The van der Waals surface area contributed by atoms with Crippen LogP contribution < -0.4 is 4.74 Å². The summed E-state index contributed by atoms with van der Waals surface area (Å²) in [6.45, 7) is 1.04. The van der Waals surface area contributed by atoms with Gasteiger partial charge in [0.05, 0.1) is 11.5 Å². The van der Waals surface area contributed by atoms with Crippen LogP contribution in [0.15, 0.2) is 29.2 Å². The van der Waals surface area contributed by atoms with E-state index in [9.17, 15) is 13.2 Å². The van der Waals surface area contributed by atoms with Crippen LogP contribution in [-0.2, 0) is 19.6 Å². The summed E-state index contributed by atoms with van der Waals surface area (Å²) in [6, 6.07) is 4.97. The van der Waals surface area contributed by atoms with Crippen molar-refractivity contribution in [3.63, 3.8) is 0 Å². The van der Waals surface area contributed by atoms with Crippen molar-refractivity contribution in [2.75, 3.05) is 26.9 Å². The van der Waals surface area contributed by atoms with Crippen molar-refractivity contribution in [1.82, 2.24) is 4.31 Å². The summed E-state index contributed by atoms with van der Waals surface area (Å²) in [5.41, 5.74) is 0. The van der Waals surface area contributed by atoms with Crippen molar-refractivity contribution < 1.29 is 27.8 Å². The van der Waals surface area contributed by atoms with Gasteiger partial charge in [-0.1, -0.05) is 0 Å². The summed E-state index contributed by atoms with van der Waals surface area (Å²) in [7, 11) is -2.24. The first-order valence-corrected chi connectivity index (χ1v) is 8.37. The van der Waals surface area contributed by atoms with Crippen molar-refractivity contribution in [2.24, 2.45) is 0 Å². The number of hydrogen-bond donors (Lipinski definition) is 1. The predicted molar refractivity (Wildman–Crippen MR) is 78.4 cm³/mol. The number of hydrogen-bond acceptors (Lipinski definition) is 5. The number of carboxylic acid groups (broad SMARTS) is 1. The molecule has 0 radical (unpaired) electrons. The van der Waals surface area contributed by atoms with Crippen LogP contribution in [-0.4, -0.2) is 56.7 Å². The van der Waals surface area contributed by atoms with Crippen molar-refractivity contribution in [3.8, 4) is 5.75 Å². The van der Waals surface area contributed by atoms with Crippen molar-refractivity contribution in [2.45, 2.75) is 23.8 Å². The summed E-state index contributed by atoms with van der Waals surface area (Å²) >= 11 is 0. The highest BCUT2D eigenvalue weighted by atomic mass is 32.2. The largest absolute Gasteiger partial charge is 0.491 e. The molecule has 1 aliphatic heterocycles. The van der Waals surface area contributed by atoms with Gasteiger partial charge in [-0.3, -0.25) is 4.79 Å². The molecular formula is C14H19NO6S. The standard InChI is InChI=1S/C14H19NO6S/c1-20-9-10-21-11-4-6-12(7-5-11)22(18,19)15-8-2-3-13(15)14(16)17/h4-7,13H,2-3,8-10H2,1H3,(H,16,17)/t13-/m1/s1. The minimum Gasteiger partial charge on any atom is -0.491 e. The first kappa shape index (κ1) is 16.7. The molecule has 0 spiro atoms. The van der Waals surface area contributed by atoms with Crippen LogP contribution in [0.4, 0.5) is 0 Å². The van der Waals surface area contributed by atoms with Gasteiger partial charge < -0.3 is 14.6 Å². The summed E-state index contributed by atoms with van der Waals surface area (Å²) in [4.78, 5) is 11.2. The highest BCUT2D eigenvalue weighted by Crippen LogP contribution is 2.27. The van der Waals surface area contributed by atoms with E-state index in [4.69, 9.17) is 14.6 Å². The average Bonchev–Trinajstić information content (AvgIpc) is 2.98. The lowest BCUT2D eigenvalue weighted by Crippen LogP contribution is -2.40. The third-order valence-electron chi connectivity index (χ3n) is 3.48. The zero-order valence-corrected chi connectivity index (χ0v) is 13.1. The summed E-state index contributed by atoms with van der Waals surface area (Å²) in [5, 5.41) is 9.12. The molecule has 1 fully saturated rings. The molecule has 1 aromatic carbocycles. The smallest absolute Gasteiger partial charge is 0.322 e. The van der Waals surface area contributed by atoms with Crippen LogP contribution in [0, 0.1) is 0 Å². The fourth-order valence-electron chi connectivity index (χ4n) is 2.36. The minimum absolute atomic E-state index is 0.0692. The van der Waals surface area contributed by atoms with Gasteiger partial charge in [-0.25, -0.2) is 8.42 Å². The van der Waals surface area contributed by atoms with E-state index in [0.717, 1.165) is 4.31 Å². The van der Waals surface area contributed by atoms with E-state index in [-0.39, 0.29) is 11.4 Å². The topological polar surface area (TPSA) is 93.1 Å². The molecule has 8 heteroatoms. The Morgan fingerprint density at radius 1 is 1.32 bits per heavy atom. The number of nitrogens with zero attached hydrogens (tertiary/aromatic N) is 1. The number of carbonyl (C=O) groups is 1. The Morgan fingerprint density at radius 2 is 2.00 bits per heavy atom. The molecule has 22 heavy (non-hydrogen) atoms. The highest BCUT2D eigenvalue weighted by molar-refractivity contribution is 7.89. The predicted octanol–water partition coefficient (Wildman–Crippen LogP) is 0.950. The Morgan fingerprint density at radius 3 is 2.59 bits per heavy atom. The van der Waals surface area contributed by atoms with E-state index in [1.807, 2.05) is 0 Å². The molecule has 1 aliphatic rings. The van der Waals surface area contributed by atoms with Crippen molar-refractivity contribution in [1.29, 1.82) is 0 Å². The second-order valence-corrected chi connectivity index (χ2v) is 6.82. The fraction of sp³-hybridized carbons (Fsp3) is 0.500. The van der Waals surface area contributed by atoms with E-state index in [1.54, 1.807) is 19.2 Å². The molecule has 0 unspecified atom stereocenters. The van der Waals surface area contributed by atoms with E-state index in [1.165, 1.54) is 12.1 Å². The van der Waals surface area contributed by atoms with Crippen LogP contribution in [0.1, 0.15) is 12.8 Å². The Labute approximate surface area is 129 Å². The van der Waals surface area contributed by atoms with Gasteiger partial charge >= 0.3 is 5.97 Å². The molecule has 0 aromatic heterocycles. The molecule has 1 aromatic rings. The van der Waals surface area contributed by atoms with Gasteiger partial charge in [-0.15, -0.1) is 0 Å². The lowest BCUT2D eigenvalue weighted by atomic mass is 10.2. The Balaban J connectivity index is 2.14. The monoisotopic (exact) mass is 329 g/mol. The van der Waals surface area contributed by atoms with Gasteiger partial charge in [-0.2, -0.15) is 4.31 Å². The lowest BCUT2D eigenvalue weighted by Gasteiger charge is -2.21. The Hall–Kier alpha value is -1.64. The summed E-state index contributed by atoms with van der Waals surface area (Å²) in [6.07, 6.45) is 0.890. The number of sulfonamides is 1. The van der Waals surface area contributed by atoms with Crippen LogP contribution in [0.3, 0.4) is 0 Å². The van der Waals surface area contributed by atoms with Gasteiger partial charge in [0, 0.05) is 13.7 Å². The van der Waals surface area contributed by atoms with Crippen LogP contribution in [0.2, 0.25) is 0 Å². The molecule has 1 atom stereocenters. The number of methoxy groups -OCH3 is 1. The van der Waals surface area contributed by atoms with Gasteiger partial charge in [0.15, 0.2) is 0 Å². The summed E-state index contributed by atoms with van der Waals surface area (Å²) < 4.78 is 36.3. The maximum Gasteiger partial charge on any atom is 0.322 e. The number of ether oxygens (including phenoxy) is 2. The molecule has 1 N–H and O–H groups in total. The normalized spacial score (nSPS) is 19.2. The maximum absolute atomic E-state index is 12.5. The summed E-state index contributed by atoms with van der Waals surface area (Å²) in [5.74, 6) is -0.576. The molecule has 0 aliphatic carbocycles. The zero-order valence-electron chi connectivity index (χ0n) is 12.3. The van der Waals surface area contributed by atoms with Crippen molar-refractivity contribution in [3.05, 3.63) is 24.3 Å². The third kappa shape index (κ3) is 3.57. The van der Waals surface area contributed by atoms with E-state index in [2.05, 4.69) is 0 Å². The molecule has 122 valence electrons. The number of carboxylic acids is 1. The quantitative estimate of drug-likeness (QED) is 0.749. The molecule has 1 saturated heterocycles. The number of aliphatic carboxylic acids is 1. The van der Waals surface area contributed by atoms with Crippen molar-refractivity contribution >= 4 is 16.0 Å². The van der Waals surface area contributed by atoms with Gasteiger partial charge in [0.1, 0.15) is 18.4 Å². The molecule has 0 bridgehead atoms. The van der Waals surface area contributed by atoms with E-state index >= 15 is 0 Å². The average molecular weight is 329 g/mol. The minimum atomic E-state index is -3.80. The third-order valence-corrected chi connectivity index (χ3v) is 5.40. The maximum atomic E-state index is 12.5. The van der Waals surface area contributed by atoms with Gasteiger partial charge in [-0.05, 0) is 37.1 Å². The molecule has 0 saturated carbocycles. The zero-order chi connectivity index (χ0) is 16.2. The molecular weight excluding hydrogens is 310 g/mol. The molecule has 7 nitrogen and oxygen atoms in total. The van der Waals surface area contributed by atoms with Crippen LogP contribution >= 0.6 is 0 Å². The first-order valence-electron chi connectivity index (χ1n) is 6.93.